The van der Waals surface area contributed by atoms with Crippen molar-refractivity contribution in [3.05, 3.63) is 0 Å². The molecule has 1 aliphatic rings. The van der Waals surface area contributed by atoms with Crippen molar-refractivity contribution in [2.45, 2.75) is 6.42 Å². The Kier molecular flexibility index (Phi) is 2.97. The Hall–Kier alpha value is -0.270. The van der Waals surface area contributed by atoms with Crippen LogP contribution in [0.2, 0.25) is 0 Å². The predicted octanol–water partition coefficient (Wildman–Crippen LogP) is 1.23. The highest BCUT2D eigenvalue weighted by Crippen LogP contribution is 2.17. The molecule has 2 nitrogen and oxygen atoms in total. The van der Waals surface area contributed by atoms with E-state index >= 15 is 0 Å². The fourth-order valence-electron chi connectivity index (χ4n) is 0.814. The fraction of sp³-hybridized carbons (Fsp3) is 0.667. The number of thiocarbonyl (C=S) groups is 1. The topological polar surface area (TPSA) is 27.0 Å². The lowest BCUT2D eigenvalue weighted by molar-refractivity contribution is 0.479. The van der Waals surface area contributed by atoms with Crippen LogP contribution in [0.15, 0.2) is 0 Å². The van der Waals surface area contributed by atoms with Crippen LogP contribution in [-0.4, -0.2) is 28.1 Å². The summed E-state index contributed by atoms with van der Waals surface area (Å²) in [6.45, 7) is 1.83. The maximum absolute atomic E-state index is 8.29. The first-order valence-corrected chi connectivity index (χ1v) is 4.52. The maximum Gasteiger partial charge on any atom is 0.136 e. The van der Waals surface area contributed by atoms with E-state index in [0.29, 0.717) is 6.42 Å². The second-order valence-corrected chi connectivity index (χ2v) is 3.74. The van der Waals surface area contributed by atoms with Gasteiger partial charge in [0, 0.05) is 18.8 Å². The number of nitriles is 1. The Bertz CT molecular complexity index is 173. The highest BCUT2D eigenvalue weighted by atomic mass is 32.2. The summed E-state index contributed by atoms with van der Waals surface area (Å²) < 4.78 is 0.954. The van der Waals surface area contributed by atoms with Gasteiger partial charge in [-0.15, -0.1) is 0 Å². The minimum absolute atomic E-state index is 0.584. The first kappa shape index (κ1) is 7.83. The third kappa shape index (κ3) is 1.86. The van der Waals surface area contributed by atoms with E-state index in [9.17, 15) is 0 Å². The molecule has 1 aliphatic heterocycles. The third-order valence-electron chi connectivity index (χ3n) is 1.34. The van der Waals surface area contributed by atoms with Crippen LogP contribution in [-0.2, 0) is 0 Å². The summed E-state index contributed by atoms with van der Waals surface area (Å²) in [7, 11) is 0. The van der Waals surface area contributed by atoms with Crippen molar-refractivity contribution >= 4 is 28.3 Å². The summed E-state index contributed by atoms with van der Waals surface area (Å²) in [6, 6.07) is 2.10. The monoisotopic (exact) mass is 172 g/mol. The van der Waals surface area contributed by atoms with Gasteiger partial charge in [-0.1, -0.05) is 24.0 Å². The molecule has 1 rings (SSSR count). The lowest BCUT2D eigenvalue weighted by Crippen LogP contribution is -2.23. The molecule has 1 fully saturated rings. The Morgan fingerprint density at radius 2 is 2.60 bits per heavy atom. The van der Waals surface area contributed by atoms with Crippen molar-refractivity contribution < 1.29 is 0 Å². The Morgan fingerprint density at radius 3 is 3.10 bits per heavy atom. The van der Waals surface area contributed by atoms with Crippen molar-refractivity contribution in [1.82, 2.24) is 4.90 Å². The number of nitrogens with zero attached hydrogens (tertiary/aromatic N) is 2. The molecule has 0 N–H and O–H groups in total. The lowest BCUT2D eigenvalue weighted by atomic mass is 10.4. The normalized spacial score (nSPS) is 17.5. The minimum atomic E-state index is 0.584. The zero-order valence-corrected chi connectivity index (χ0v) is 7.17. The Labute approximate surface area is 70.2 Å². The SMILES string of the molecule is N#CCCN1CCSC1=S. The quantitative estimate of drug-likeness (QED) is 0.585. The van der Waals surface area contributed by atoms with E-state index in [1.54, 1.807) is 11.8 Å². The molecule has 0 aromatic heterocycles. The highest BCUT2D eigenvalue weighted by molar-refractivity contribution is 8.23. The summed E-state index contributed by atoms with van der Waals surface area (Å²) in [5, 5.41) is 8.29. The fourth-order valence-corrected chi connectivity index (χ4v) is 2.10. The molecule has 0 bridgehead atoms. The average Bonchev–Trinajstić information content (AvgIpc) is 2.31. The molecule has 0 saturated carbocycles. The van der Waals surface area contributed by atoms with Gasteiger partial charge in [0.2, 0.25) is 0 Å². The van der Waals surface area contributed by atoms with Crippen LogP contribution in [0.5, 0.6) is 0 Å². The first-order chi connectivity index (χ1) is 4.84. The molecule has 10 heavy (non-hydrogen) atoms. The molecule has 0 radical (unpaired) electrons. The molecule has 0 aromatic rings. The summed E-state index contributed by atoms with van der Waals surface area (Å²) in [4.78, 5) is 2.09. The van der Waals surface area contributed by atoms with E-state index in [1.807, 2.05) is 0 Å². The van der Waals surface area contributed by atoms with Crippen molar-refractivity contribution in [3.63, 3.8) is 0 Å². The van der Waals surface area contributed by atoms with Gasteiger partial charge in [-0.05, 0) is 0 Å². The van der Waals surface area contributed by atoms with Gasteiger partial charge >= 0.3 is 0 Å². The molecule has 0 unspecified atom stereocenters. The second-order valence-electron chi connectivity index (χ2n) is 2.01. The molecule has 0 spiro atoms. The highest BCUT2D eigenvalue weighted by Gasteiger charge is 2.15. The number of hydrogen-bond donors (Lipinski definition) is 0. The van der Waals surface area contributed by atoms with Gasteiger partial charge in [0.25, 0.3) is 0 Å². The zero-order valence-electron chi connectivity index (χ0n) is 5.54. The smallest absolute Gasteiger partial charge is 0.136 e. The molecular formula is C6H8N2S2. The van der Waals surface area contributed by atoms with Crippen molar-refractivity contribution in [2.24, 2.45) is 0 Å². The molecule has 0 aromatic carbocycles. The van der Waals surface area contributed by atoms with Crippen LogP contribution < -0.4 is 0 Å². The molecule has 0 aliphatic carbocycles. The second kappa shape index (κ2) is 3.79. The van der Waals surface area contributed by atoms with Gasteiger partial charge in [-0.2, -0.15) is 5.26 Å². The predicted molar refractivity (Wildman–Crippen MR) is 46.9 cm³/mol. The number of thioether (sulfide) groups is 1. The number of hydrogen-bond acceptors (Lipinski definition) is 3. The summed E-state index contributed by atoms with van der Waals surface area (Å²) in [5.74, 6) is 1.09. The summed E-state index contributed by atoms with van der Waals surface area (Å²) in [5.41, 5.74) is 0. The summed E-state index contributed by atoms with van der Waals surface area (Å²) in [6.07, 6.45) is 0.584. The van der Waals surface area contributed by atoms with E-state index in [1.165, 1.54) is 0 Å². The molecular weight excluding hydrogens is 164 g/mol. The molecule has 0 atom stereocenters. The van der Waals surface area contributed by atoms with Crippen molar-refractivity contribution in [2.75, 3.05) is 18.8 Å². The lowest BCUT2D eigenvalue weighted by Gasteiger charge is -2.13. The van der Waals surface area contributed by atoms with E-state index < -0.39 is 0 Å². The van der Waals surface area contributed by atoms with Gasteiger partial charge in [0.05, 0.1) is 12.5 Å². The van der Waals surface area contributed by atoms with Gasteiger partial charge in [-0.25, -0.2) is 0 Å². The van der Waals surface area contributed by atoms with Crippen molar-refractivity contribution in [3.8, 4) is 6.07 Å². The molecule has 1 saturated heterocycles. The standard InChI is InChI=1S/C6H8N2S2/c7-2-1-3-8-4-5-10-6(8)9/h1,3-5H2. The van der Waals surface area contributed by atoms with E-state index in [0.717, 1.165) is 23.2 Å². The molecule has 1 heterocycles. The van der Waals surface area contributed by atoms with Crippen LogP contribution in [0.1, 0.15) is 6.42 Å². The maximum atomic E-state index is 8.29. The third-order valence-corrected chi connectivity index (χ3v) is 2.84. The molecule has 54 valence electrons. The molecule has 0 amide bonds. The van der Waals surface area contributed by atoms with Crippen molar-refractivity contribution in [1.29, 1.82) is 5.26 Å². The molecule has 4 heteroatoms. The average molecular weight is 172 g/mol. The van der Waals surface area contributed by atoms with Crippen LogP contribution in [0.3, 0.4) is 0 Å². The van der Waals surface area contributed by atoms with Crippen LogP contribution in [0, 0.1) is 11.3 Å². The van der Waals surface area contributed by atoms with E-state index in [4.69, 9.17) is 17.5 Å². The zero-order chi connectivity index (χ0) is 7.40. The van der Waals surface area contributed by atoms with Gasteiger partial charge < -0.3 is 4.90 Å². The van der Waals surface area contributed by atoms with E-state index in [2.05, 4.69) is 11.0 Å². The van der Waals surface area contributed by atoms with Gasteiger partial charge in [-0.3, -0.25) is 0 Å². The first-order valence-electron chi connectivity index (χ1n) is 3.13. The van der Waals surface area contributed by atoms with Crippen LogP contribution in [0.4, 0.5) is 0 Å². The Balaban J connectivity index is 2.28. The largest absolute Gasteiger partial charge is 0.356 e. The van der Waals surface area contributed by atoms with E-state index in [-0.39, 0.29) is 0 Å². The minimum Gasteiger partial charge on any atom is -0.356 e. The Morgan fingerprint density at radius 1 is 1.80 bits per heavy atom. The van der Waals surface area contributed by atoms with Gasteiger partial charge in [0.15, 0.2) is 0 Å². The van der Waals surface area contributed by atoms with Gasteiger partial charge in [0.1, 0.15) is 4.32 Å². The van der Waals surface area contributed by atoms with Crippen LogP contribution >= 0.6 is 24.0 Å². The van der Waals surface area contributed by atoms with Crippen LogP contribution in [0.25, 0.3) is 0 Å². The summed E-state index contributed by atoms with van der Waals surface area (Å²) >= 11 is 6.74. The number of rotatable bonds is 2.